The summed E-state index contributed by atoms with van der Waals surface area (Å²) in [5, 5.41) is 3.32. The highest BCUT2D eigenvalue weighted by Crippen LogP contribution is 2.17. The third-order valence-corrected chi connectivity index (χ3v) is 2.96. The first kappa shape index (κ1) is 16.0. The van der Waals surface area contributed by atoms with Crippen LogP contribution in [-0.2, 0) is 11.2 Å². The molecule has 1 aromatic carbocycles. The predicted molar refractivity (Wildman–Crippen MR) is 79.9 cm³/mol. The van der Waals surface area contributed by atoms with Crippen molar-refractivity contribution in [3.05, 3.63) is 29.8 Å². The lowest BCUT2D eigenvalue weighted by Crippen LogP contribution is -2.25. The van der Waals surface area contributed by atoms with Gasteiger partial charge in [0, 0.05) is 19.7 Å². The number of nitrogens with one attached hydrogen (secondary N) is 1. The van der Waals surface area contributed by atoms with E-state index < -0.39 is 0 Å². The lowest BCUT2D eigenvalue weighted by Gasteiger charge is -2.11. The molecule has 0 fully saturated rings. The van der Waals surface area contributed by atoms with Gasteiger partial charge < -0.3 is 14.8 Å². The fraction of sp³-hybridized carbons (Fsp3) is 0.625. The predicted octanol–water partition coefficient (Wildman–Crippen LogP) is 3.03. The Bertz CT molecular complexity index is 328. The summed E-state index contributed by atoms with van der Waals surface area (Å²) in [6.45, 7) is 8.43. The quantitative estimate of drug-likeness (QED) is 0.624. The molecule has 0 saturated carbocycles. The Kier molecular flexibility index (Phi) is 9.11. The SMILES string of the molecule is CCCCOCCNCCOc1ccccc1CC. The number of para-hydroxylation sites is 1. The molecule has 0 spiro atoms. The molecular formula is C16H27NO2. The monoisotopic (exact) mass is 265 g/mol. The van der Waals surface area contributed by atoms with Crippen molar-refractivity contribution < 1.29 is 9.47 Å². The third kappa shape index (κ3) is 7.19. The molecule has 0 unspecified atom stereocenters. The molecule has 0 atom stereocenters. The van der Waals surface area contributed by atoms with Crippen molar-refractivity contribution in [1.29, 1.82) is 0 Å². The highest BCUT2D eigenvalue weighted by molar-refractivity contribution is 5.33. The maximum Gasteiger partial charge on any atom is 0.122 e. The molecule has 0 aliphatic carbocycles. The molecule has 0 bridgehead atoms. The molecule has 3 nitrogen and oxygen atoms in total. The molecule has 19 heavy (non-hydrogen) atoms. The van der Waals surface area contributed by atoms with Gasteiger partial charge in [-0.3, -0.25) is 0 Å². The largest absolute Gasteiger partial charge is 0.492 e. The Hall–Kier alpha value is -1.06. The van der Waals surface area contributed by atoms with E-state index in [-0.39, 0.29) is 0 Å². The Morgan fingerprint density at radius 2 is 1.79 bits per heavy atom. The van der Waals surface area contributed by atoms with Crippen LogP contribution in [-0.4, -0.2) is 32.9 Å². The van der Waals surface area contributed by atoms with E-state index in [0.717, 1.165) is 44.9 Å². The van der Waals surface area contributed by atoms with E-state index in [2.05, 4.69) is 31.3 Å². The minimum atomic E-state index is 0.700. The zero-order valence-electron chi connectivity index (χ0n) is 12.3. The summed E-state index contributed by atoms with van der Waals surface area (Å²) in [7, 11) is 0. The van der Waals surface area contributed by atoms with Crippen LogP contribution in [0.4, 0.5) is 0 Å². The van der Waals surface area contributed by atoms with Gasteiger partial charge in [0.2, 0.25) is 0 Å². The van der Waals surface area contributed by atoms with E-state index in [4.69, 9.17) is 9.47 Å². The summed E-state index contributed by atoms with van der Waals surface area (Å²) < 4.78 is 11.2. The molecule has 3 heteroatoms. The molecule has 0 amide bonds. The lowest BCUT2D eigenvalue weighted by molar-refractivity contribution is 0.132. The van der Waals surface area contributed by atoms with Crippen LogP contribution in [0.3, 0.4) is 0 Å². The molecule has 0 heterocycles. The standard InChI is InChI=1S/C16H27NO2/c1-3-5-12-18-13-10-17-11-14-19-16-9-7-6-8-15(16)4-2/h6-9,17H,3-5,10-14H2,1-2H3. The number of aryl methyl sites for hydroxylation is 1. The number of unbranched alkanes of at least 4 members (excludes halogenated alkanes) is 1. The van der Waals surface area contributed by atoms with Crippen LogP contribution in [0.1, 0.15) is 32.3 Å². The topological polar surface area (TPSA) is 30.5 Å². The zero-order chi connectivity index (χ0) is 13.8. The summed E-state index contributed by atoms with van der Waals surface area (Å²) in [4.78, 5) is 0. The van der Waals surface area contributed by atoms with Gasteiger partial charge in [-0.2, -0.15) is 0 Å². The summed E-state index contributed by atoms with van der Waals surface area (Å²) in [6, 6.07) is 8.22. The molecular weight excluding hydrogens is 238 g/mol. The second-order valence-electron chi connectivity index (χ2n) is 4.53. The Labute approximate surface area is 117 Å². The minimum absolute atomic E-state index is 0.700. The van der Waals surface area contributed by atoms with E-state index in [1.54, 1.807) is 0 Å². The summed E-state index contributed by atoms with van der Waals surface area (Å²) >= 11 is 0. The van der Waals surface area contributed by atoms with Gasteiger partial charge in [-0.05, 0) is 24.5 Å². The fourth-order valence-corrected chi connectivity index (χ4v) is 1.79. The fourth-order valence-electron chi connectivity index (χ4n) is 1.79. The van der Waals surface area contributed by atoms with Crippen molar-refractivity contribution >= 4 is 0 Å². The van der Waals surface area contributed by atoms with Crippen LogP contribution >= 0.6 is 0 Å². The molecule has 1 rings (SSSR count). The van der Waals surface area contributed by atoms with E-state index >= 15 is 0 Å². The first-order valence-electron chi connectivity index (χ1n) is 7.37. The lowest BCUT2D eigenvalue weighted by atomic mass is 10.1. The van der Waals surface area contributed by atoms with Crippen LogP contribution in [0.15, 0.2) is 24.3 Å². The van der Waals surface area contributed by atoms with Gasteiger partial charge in [-0.25, -0.2) is 0 Å². The zero-order valence-corrected chi connectivity index (χ0v) is 12.3. The number of rotatable bonds is 11. The molecule has 0 aromatic heterocycles. The average Bonchev–Trinajstić information content (AvgIpc) is 2.46. The van der Waals surface area contributed by atoms with Crippen molar-refractivity contribution in [2.45, 2.75) is 33.1 Å². The van der Waals surface area contributed by atoms with Crippen molar-refractivity contribution in [2.75, 3.05) is 32.9 Å². The number of hydrogen-bond acceptors (Lipinski definition) is 3. The third-order valence-electron chi connectivity index (χ3n) is 2.96. The van der Waals surface area contributed by atoms with Gasteiger partial charge in [-0.15, -0.1) is 0 Å². The Morgan fingerprint density at radius 1 is 1.00 bits per heavy atom. The second kappa shape index (κ2) is 10.8. The summed E-state index contributed by atoms with van der Waals surface area (Å²) in [5.41, 5.74) is 1.27. The van der Waals surface area contributed by atoms with E-state index in [1.807, 2.05) is 12.1 Å². The molecule has 0 radical (unpaired) electrons. The maximum atomic E-state index is 5.77. The number of benzene rings is 1. The second-order valence-corrected chi connectivity index (χ2v) is 4.53. The van der Waals surface area contributed by atoms with Gasteiger partial charge in [0.05, 0.1) is 6.61 Å². The van der Waals surface area contributed by atoms with Gasteiger partial charge >= 0.3 is 0 Å². The molecule has 1 aromatic rings. The van der Waals surface area contributed by atoms with Crippen LogP contribution in [0.2, 0.25) is 0 Å². The van der Waals surface area contributed by atoms with Crippen LogP contribution in [0.25, 0.3) is 0 Å². The molecule has 0 aliphatic heterocycles. The highest BCUT2D eigenvalue weighted by Gasteiger charge is 1.99. The van der Waals surface area contributed by atoms with Crippen molar-refractivity contribution in [2.24, 2.45) is 0 Å². The van der Waals surface area contributed by atoms with Crippen LogP contribution in [0, 0.1) is 0 Å². The van der Waals surface area contributed by atoms with E-state index in [1.165, 1.54) is 12.0 Å². The minimum Gasteiger partial charge on any atom is -0.492 e. The first-order valence-corrected chi connectivity index (χ1v) is 7.37. The summed E-state index contributed by atoms with van der Waals surface area (Å²) in [5.74, 6) is 1.01. The molecule has 0 saturated heterocycles. The van der Waals surface area contributed by atoms with Gasteiger partial charge in [0.15, 0.2) is 0 Å². The molecule has 0 aliphatic rings. The van der Waals surface area contributed by atoms with E-state index in [0.29, 0.717) is 6.61 Å². The molecule has 108 valence electrons. The number of ether oxygens (including phenoxy) is 2. The summed E-state index contributed by atoms with van der Waals surface area (Å²) in [6.07, 6.45) is 3.35. The molecule has 1 N–H and O–H groups in total. The smallest absolute Gasteiger partial charge is 0.122 e. The Morgan fingerprint density at radius 3 is 2.58 bits per heavy atom. The first-order chi connectivity index (χ1) is 9.38. The normalized spacial score (nSPS) is 10.6. The van der Waals surface area contributed by atoms with Crippen LogP contribution in [0.5, 0.6) is 5.75 Å². The maximum absolute atomic E-state index is 5.77. The van der Waals surface area contributed by atoms with Crippen molar-refractivity contribution in [3.8, 4) is 5.75 Å². The van der Waals surface area contributed by atoms with Gasteiger partial charge in [-0.1, -0.05) is 38.5 Å². The average molecular weight is 265 g/mol. The Balaban J connectivity index is 2.01. The highest BCUT2D eigenvalue weighted by atomic mass is 16.5. The van der Waals surface area contributed by atoms with Crippen molar-refractivity contribution in [3.63, 3.8) is 0 Å². The van der Waals surface area contributed by atoms with Gasteiger partial charge in [0.25, 0.3) is 0 Å². The van der Waals surface area contributed by atoms with Crippen molar-refractivity contribution in [1.82, 2.24) is 5.32 Å². The van der Waals surface area contributed by atoms with Crippen LogP contribution < -0.4 is 10.1 Å². The van der Waals surface area contributed by atoms with Gasteiger partial charge in [0.1, 0.15) is 12.4 Å². The van der Waals surface area contributed by atoms with E-state index in [9.17, 15) is 0 Å². The number of hydrogen-bond donors (Lipinski definition) is 1.